The van der Waals surface area contributed by atoms with Gasteiger partial charge in [-0.25, -0.2) is 0 Å². The Morgan fingerprint density at radius 2 is 2.00 bits per heavy atom. The van der Waals surface area contributed by atoms with E-state index in [1.54, 1.807) is 0 Å². The van der Waals surface area contributed by atoms with E-state index in [-0.39, 0.29) is 20.9 Å². The van der Waals surface area contributed by atoms with E-state index in [4.69, 9.17) is 0 Å². The number of allylic oxidation sites excluding steroid dienone is 1. The Bertz CT molecular complexity index is 251. The molecule has 0 fully saturated rings. The van der Waals surface area contributed by atoms with E-state index in [9.17, 15) is 0 Å². The maximum absolute atomic E-state index is 4.15. The van der Waals surface area contributed by atoms with Gasteiger partial charge in [0.1, 0.15) is 0 Å². The third-order valence-electron chi connectivity index (χ3n) is 1.81. The fourth-order valence-corrected chi connectivity index (χ4v) is 3.57. The number of hydrogen-bond acceptors (Lipinski definition) is 0. The molecule has 1 heteroatoms. The van der Waals surface area contributed by atoms with Gasteiger partial charge >= 0.3 is 91.3 Å². The van der Waals surface area contributed by atoms with Crippen LogP contribution in [0.3, 0.4) is 0 Å². The molecule has 1 aromatic carbocycles. The number of benzene rings is 1. The maximum atomic E-state index is 4.15. The molecule has 70 valence electrons. The molecule has 0 spiro atoms. The van der Waals surface area contributed by atoms with Gasteiger partial charge in [-0.05, 0) is 0 Å². The van der Waals surface area contributed by atoms with Gasteiger partial charge in [-0.3, -0.25) is 0 Å². The molecule has 0 aromatic heterocycles. The molecule has 0 aliphatic heterocycles. The van der Waals surface area contributed by atoms with Crippen molar-refractivity contribution in [3.8, 4) is 0 Å². The first kappa shape index (κ1) is 10.8. The van der Waals surface area contributed by atoms with Crippen LogP contribution in [-0.2, 0) is 0 Å². The van der Waals surface area contributed by atoms with Crippen LogP contribution in [0.2, 0.25) is 0 Å². The van der Waals surface area contributed by atoms with Gasteiger partial charge in [-0.2, -0.15) is 0 Å². The van der Waals surface area contributed by atoms with Crippen molar-refractivity contribution < 1.29 is 0 Å². The van der Waals surface area contributed by atoms with Gasteiger partial charge in [0.05, 0.1) is 0 Å². The summed E-state index contributed by atoms with van der Waals surface area (Å²) in [6, 6.07) is 10.8. The zero-order valence-electron chi connectivity index (χ0n) is 8.12. The van der Waals surface area contributed by atoms with Crippen molar-refractivity contribution in [2.45, 2.75) is 26.2 Å². The Kier molecular flexibility index (Phi) is 5.20. The van der Waals surface area contributed by atoms with E-state index >= 15 is 0 Å². The molecule has 0 nitrogen and oxygen atoms in total. The summed E-state index contributed by atoms with van der Waals surface area (Å²) in [6.45, 7) is 6.38. The zero-order chi connectivity index (χ0) is 9.52. The summed E-state index contributed by atoms with van der Waals surface area (Å²) in [5, 5.41) is 0. The average molecular weight is 288 g/mol. The Hall–Kier alpha value is -0.250. The third kappa shape index (κ3) is 4.50. The predicted molar refractivity (Wildman–Crippen MR) is 60.5 cm³/mol. The minimum atomic E-state index is -0.122. The first-order valence-electron chi connectivity index (χ1n) is 4.73. The summed E-state index contributed by atoms with van der Waals surface area (Å²) in [7, 11) is 0. The minimum absolute atomic E-state index is 0.122. The van der Waals surface area contributed by atoms with E-state index in [0.717, 1.165) is 0 Å². The summed E-state index contributed by atoms with van der Waals surface area (Å²) < 4.78 is 2.99. The molecule has 0 aliphatic carbocycles. The Balaban J connectivity index is 2.37. The van der Waals surface area contributed by atoms with E-state index in [1.165, 1.54) is 26.5 Å². The van der Waals surface area contributed by atoms with Crippen LogP contribution in [-0.4, -0.2) is 20.9 Å². The van der Waals surface area contributed by atoms with Crippen molar-refractivity contribution in [1.82, 2.24) is 0 Å². The summed E-state index contributed by atoms with van der Waals surface area (Å²) in [6.07, 6.45) is 3.81. The Morgan fingerprint density at radius 3 is 2.62 bits per heavy atom. The van der Waals surface area contributed by atoms with Crippen LogP contribution < -0.4 is 3.61 Å². The zero-order valence-corrected chi connectivity index (χ0v) is 10.5. The van der Waals surface area contributed by atoms with Gasteiger partial charge in [-0.1, -0.05) is 0 Å². The summed E-state index contributed by atoms with van der Waals surface area (Å²) in [4.78, 5) is 0. The average Bonchev–Trinajstić information content (AvgIpc) is 2.16. The summed E-state index contributed by atoms with van der Waals surface area (Å²) in [5.74, 6) is 0. The number of rotatable bonds is 5. The predicted octanol–water partition coefficient (Wildman–Crippen LogP) is 2.72. The van der Waals surface area contributed by atoms with E-state index in [2.05, 4.69) is 43.8 Å². The van der Waals surface area contributed by atoms with Crippen molar-refractivity contribution in [1.29, 1.82) is 0 Å². The molecule has 0 heterocycles. The number of hydrogen-bond donors (Lipinski definition) is 0. The molecule has 0 saturated carbocycles. The monoisotopic (exact) mass is 290 g/mol. The Labute approximate surface area is 91.1 Å². The van der Waals surface area contributed by atoms with Gasteiger partial charge in [-0.15, -0.1) is 0 Å². The molecule has 0 saturated heterocycles. The van der Waals surface area contributed by atoms with Crippen molar-refractivity contribution in [2.75, 3.05) is 0 Å². The first-order valence-corrected chi connectivity index (χ1v) is 7.06. The molecule has 0 amide bonds. The molecule has 0 atom stereocenters. The van der Waals surface area contributed by atoms with Gasteiger partial charge in [0, 0.05) is 0 Å². The second kappa shape index (κ2) is 6.24. The standard InChI is InChI=1S/C12H16Te/c1-3-4-8-11(2)13-12-9-6-5-7-10-12/h5-7,9-10H,2-4,8H2,1H3. The molecule has 0 N–H and O–H groups in total. The van der Waals surface area contributed by atoms with Crippen LogP contribution in [0.5, 0.6) is 0 Å². The molecule has 0 bridgehead atoms. The van der Waals surface area contributed by atoms with Gasteiger partial charge in [0.2, 0.25) is 0 Å². The van der Waals surface area contributed by atoms with E-state index in [0.29, 0.717) is 0 Å². The normalized spacial score (nSPS) is 9.92. The summed E-state index contributed by atoms with van der Waals surface area (Å²) in [5.41, 5.74) is 0. The molecule has 13 heavy (non-hydrogen) atoms. The molecular formula is C12H16Te. The topological polar surface area (TPSA) is 0 Å². The molecule has 1 rings (SSSR count). The van der Waals surface area contributed by atoms with Crippen molar-refractivity contribution in [3.05, 3.63) is 40.5 Å². The van der Waals surface area contributed by atoms with Crippen molar-refractivity contribution >= 4 is 24.5 Å². The number of unbranched alkanes of at least 4 members (excludes halogenated alkanes) is 1. The summed E-state index contributed by atoms with van der Waals surface area (Å²) >= 11 is -0.122. The second-order valence-electron chi connectivity index (χ2n) is 3.06. The Morgan fingerprint density at radius 1 is 1.31 bits per heavy atom. The van der Waals surface area contributed by atoms with Gasteiger partial charge < -0.3 is 0 Å². The van der Waals surface area contributed by atoms with Crippen LogP contribution in [0.25, 0.3) is 0 Å². The van der Waals surface area contributed by atoms with Crippen LogP contribution in [0.1, 0.15) is 26.2 Å². The van der Waals surface area contributed by atoms with Crippen LogP contribution in [0.15, 0.2) is 40.5 Å². The van der Waals surface area contributed by atoms with Gasteiger partial charge in [0.15, 0.2) is 0 Å². The van der Waals surface area contributed by atoms with Crippen LogP contribution >= 0.6 is 0 Å². The van der Waals surface area contributed by atoms with Crippen LogP contribution in [0, 0.1) is 0 Å². The van der Waals surface area contributed by atoms with E-state index < -0.39 is 0 Å². The third-order valence-corrected chi connectivity index (χ3v) is 4.67. The molecule has 0 radical (unpaired) electrons. The molecule has 1 aromatic rings. The van der Waals surface area contributed by atoms with Crippen molar-refractivity contribution in [2.24, 2.45) is 0 Å². The molecular weight excluding hydrogens is 272 g/mol. The first-order chi connectivity index (χ1) is 6.33. The SMILES string of the molecule is C=C(CCCC)[Te]c1ccccc1. The second-order valence-corrected chi connectivity index (χ2v) is 6.63. The van der Waals surface area contributed by atoms with Crippen molar-refractivity contribution in [3.63, 3.8) is 0 Å². The fourth-order valence-electron chi connectivity index (χ4n) is 1.08. The molecule has 0 aliphatic rings. The van der Waals surface area contributed by atoms with Gasteiger partial charge in [0.25, 0.3) is 0 Å². The molecule has 0 unspecified atom stereocenters. The quantitative estimate of drug-likeness (QED) is 0.731. The fraction of sp³-hybridized carbons (Fsp3) is 0.333. The van der Waals surface area contributed by atoms with E-state index in [1.807, 2.05) is 0 Å². The van der Waals surface area contributed by atoms with Crippen LogP contribution in [0.4, 0.5) is 0 Å².